The third-order valence-electron chi connectivity index (χ3n) is 4.24. The van der Waals surface area contributed by atoms with E-state index in [4.69, 9.17) is 5.26 Å². The van der Waals surface area contributed by atoms with Crippen LogP contribution in [0.5, 0.6) is 0 Å². The van der Waals surface area contributed by atoms with Crippen LogP contribution in [0, 0.1) is 11.3 Å². The van der Waals surface area contributed by atoms with Crippen molar-refractivity contribution in [3.05, 3.63) is 29.8 Å². The molecule has 0 bridgehead atoms. The molecule has 0 aliphatic heterocycles. The van der Waals surface area contributed by atoms with Gasteiger partial charge in [0.2, 0.25) is 0 Å². The van der Waals surface area contributed by atoms with Crippen LogP contribution < -0.4 is 10.6 Å². The summed E-state index contributed by atoms with van der Waals surface area (Å²) >= 11 is 0. The predicted molar refractivity (Wildman–Crippen MR) is 83.0 cm³/mol. The van der Waals surface area contributed by atoms with E-state index in [0.29, 0.717) is 17.6 Å². The van der Waals surface area contributed by atoms with Crippen LogP contribution in [0.2, 0.25) is 0 Å². The molecule has 1 fully saturated rings. The van der Waals surface area contributed by atoms with E-state index < -0.39 is 0 Å². The van der Waals surface area contributed by atoms with Crippen molar-refractivity contribution < 1.29 is 4.79 Å². The number of hydrogen-bond acceptors (Lipinski definition) is 3. The fourth-order valence-corrected chi connectivity index (χ4v) is 2.76. The Labute approximate surface area is 125 Å². The number of hydrogen-bond donors (Lipinski definition) is 2. The summed E-state index contributed by atoms with van der Waals surface area (Å²) in [6.45, 7) is 0. The van der Waals surface area contributed by atoms with Crippen molar-refractivity contribution in [2.45, 2.75) is 37.8 Å². The van der Waals surface area contributed by atoms with Gasteiger partial charge in [0.15, 0.2) is 0 Å². The first-order chi connectivity index (χ1) is 10.1. The first-order valence-corrected chi connectivity index (χ1v) is 7.35. The van der Waals surface area contributed by atoms with Crippen molar-refractivity contribution in [3.63, 3.8) is 0 Å². The topological polar surface area (TPSA) is 68.2 Å². The van der Waals surface area contributed by atoms with Crippen molar-refractivity contribution >= 4 is 11.7 Å². The number of urea groups is 1. The second-order valence-electron chi connectivity index (χ2n) is 5.52. The van der Waals surface area contributed by atoms with Gasteiger partial charge in [0.05, 0.1) is 11.6 Å². The number of nitrogens with zero attached hydrogens (tertiary/aromatic N) is 2. The van der Waals surface area contributed by atoms with Crippen molar-refractivity contribution in [1.29, 1.82) is 5.26 Å². The van der Waals surface area contributed by atoms with E-state index in [1.165, 1.54) is 0 Å². The van der Waals surface area contributed by atoms with Crippen molar-refractivity contribution in [2.24, 2.45) is 0 Å². The summed E-state index contributed by atoms with van der Waals surface area (Å²) in [5, 5.41) is 14.9. The van der Waals surface area contributed by atoms with E-state index in [1.54, 1.807) is 29.2 Å². The van der Waals surface area contributed by atoms with Crippen LogP contribution in [-0.4, -0.2) is 37.1 Å². The van der Waals surface area contributed by atoms with E-state index in [1.807, 2.05) is 14.1 Å². The lowest BCUT2D eigenvalue weighted by Crippen LogP contribution is -2.44. The number of benzene rings is 1. The molecule has 1 aliphatic carbocycles. The average Bonchev–Trinajstić information content (AvgIpc) is 2.55. The summed E-state index contributed by atoms with van der Waals surface area (Å²) in [6.07, 6.45) is 4.27. The van der Waals surface area contributed by atoms with Gasteiger partial charge in [-0.1, -0.05) is 0 Å². The molecule has 0 atom stereocenters. The summed E-state index contributed by atoms with van der Waals surface area (Å²) in [7, 11) is 3.84. The third-order valence-corrected chi connectivity index (χ3v) is 4.24. The van der Waals surface area contributed by atoms with Gasteiger partial charge in [0, 0.05) is 24.8 Å². The number of nitriles is 1. The molecule has 2 rings (SSSR count). The highest BCUT2D eigenvalue weighted by Crippen LogP contribution is 2.22. The van der Waals surface area contributed by atoms with Crippen LogP contribution in [0.4, 0.5) is 10.5 Å². The molecule has 0 radical (unpaired) electrons. The minimum absolute atomic E-state index is 0.0902. The summed E-state index contributed by atoms with van der Waals surface area (Å²) < 4.78 is 0. The van der Waals surface area contributed by atoms with Crippen LogP contribution in [0.15, 0.2) is 24.3 Å². The first kappa shape index (κ1) is 15.3. The lowest BCUT2D eigenvalue weighted by atomic mass is 9.90. The molecule has 2 N–H and O–H groups in total. The van der Waals surface area contributed by atoms with E-state index in [-0.39, 0.29) is 6.03 Å². The van der Waals surface area contributed by atoms with Gasteiger partial charge in [-0.3, -0.25) is 0 Å². The Kier molecular flexibility index (Phi) is 5.18. The van der Waals surface area contributed by atoms with Crippen LogP contribution in [0.3, 0.4) is 0 Å². The quantitative estimate of drug-likeness (QED) is 0.897. The van der Waals surface area contributed by atoms with Crippen LogP contribution in [0.1, 0.15) is 31.2 Å². The van der Waals surface area contributed by atoms with Gasteiger partial charge in [-0.15, -0.1) is 0 Å². The van der Waals surface area contributed by atoms with E-state index in [9.17, 15) is 4.79 Å². The average molecular weight is 286 g/mol. The minimum atomic E-state index is -0.0902. The molecule has 1 aromatic carbocycles. The van der Waals surface area contributed by atoms with Gasteiger partial charge in [-0.2, -0.15) is 5.26 Å². The smallest absolute Gasteiger partial charge is 0.321 e. The highest BCUT2D eigenvalue weighted by molar-refractivity contribution is 5.89. The predicted octanol–water partition coefficient (Wildman–Crippen LogP) is 2.55. The van der Waals surface area contributed by atoms with Crippen LogP contribution in [-0.2, 0) is 0 Å². The lowest BCUT2D eigenvalue weighted by molar-refractivity contribution is 0.178. The Morgan fingerprint density at radius 1 is 1.24 bits per heavy atom. The number of carbonyl (C=O) groups is 1. The molecule has 1 aromatic rings. The number of carbonyl (C=O) groups excluding carboxylic acids is 1. The zero-order valence-corrected chi connectivity index (χ0v) is 12.6. The van der Waals surface area contributed by atoms with Crippen LogP contribution >= 0.6 is 0 Å². The molecular formula is C16H22N4O. The molecule has 1 aliphatic rings. The Hall–Kier alpha value is -2.06. The normalized spacial score (nSPS) is 21.4. The maximum absolute atomic E-state index is 12.3. The molecule has 0 aromatic heterocycles. The molecule has 5 nitrogen and oxygen atoms in total. The molecule has 0 spiro atoms. The molecule has 21 heavy (non-hydrogen) atoms. The monoisotopic (exact) mass is 286 g/mol. The number of nitrogens with one attached hydrogen (secondary N) is 2. The third kappa shape index (κ3) is 3.96. The standard InChI is InChI=1S/C16H22N4O/c1-18-13-7-9-15(10-8-13)20(2)16(21)19-14-5-3-12(11-17)4-6-14/h3-6,13,15,18H,7-10H2,1-2H3,(H,19,21). The fourth-order valence-electron chi connectivity index (χ4n) is 2.76. The Bertz CT molecular complexity index is 512. The Morgan fingerprint density at radius 3 is 2.38 bits per heavy atom. The van der Waals surface area contributed by atoms with E-state index in [2.05, 4.69) is 16.7 Å². The highest BCUT2D eigenvalue weighted by atomic mass is 16.2. The summed E-state index contributed by atoms with van der Waals surface area (Å²) in [5.74, 6) is 0. The summed E-state index contributed by atoms with van der Waals surface area (Å²) in [5.41, 5.74) is 1.31. The SMILES string of the molecule is CNC1CCC(N(C)C(=O)Nc2ccc(C#N)cc2)CC1. The second-order valence-corrected chi connectivity index (χ2v) is 5.52. The molecule has 112 valence electrons. The molecule has 0 saturated heterocycles. The van der Waals surface area contributed by atoms with Crippen LogP contribution in [0.25, 0.3) is 0 Å². The van der Waals surface area contributed by atoms with Crippen molar-refractivity contribution in [2.75, 3.05) is 19.4 Å². The van der Waals surface area contributed by atoms with Gasteiger partial charge in [-0.05, 0) is 57.0 Å². The molecule has 0 heterocycles. The van der Waals surface area contributed by atoms with E-state index in [0.717, 1.165) is 31.4 Å². The zero-order valence-electron chi connectivity index (χ0n) is 12.6. The summed E-state index contributed by atoms with van der Waals surface area (Å²) in [6, 6.07) is 9.76. The molecule has 1 saturated carbocycles. The number of anilines is 1. The molecule has 0 unspecified atom stereocenters. The van der Waals surface area contributed by atoms with Gasteiger partial charge in [0.25, 0.3) is 0 Å². The van der Waals surface area contributed by atoms with Gasteiger partial charge < -0.3 is 15.5 Å². The molecular weight excluding hydrogens is 264 g/mol. The Morgan fingerprint density at radius 2 is 1.86 bits per heavy atom. The summed E-state index contributed by atoms with van der Waals surface area (Å²) in [4.78, 5) is 14.0. The number of rotatable bonds is 3. The first-order valence-electron chi connectivity index (χ1n) is 7.35. The molecule has 2 amide bonds. The largest absolute Gasteiger partial charge is 0.325 e. The van der Waals surface area contributed by atoms with Gasteiger partial charge in [0.1, 0.15) is 0 Å². The Balaban J connectivity index is 1.89. The fraction of sp³-hybridized carbons (Fsp3) is 0.500. The minimum Gasteiger partial charge on any atom is -0.325 e. The number of amides is 2. The van der Waals surface area contributed by atoms with Crippen molar-refractivity contribution in [1.82, 2.24) is 10.2 Å². The maximum Gasteiger partial charge on any atom is 0.321 e. The van der Waals surface area contributed by atoms with Gasteiger partial charge in [-0.25, -0.2) is 4.79 Å². The van der Waals surface area contributed by atoms with Crippen molar-refractivity contribution in [3.8, 4) is 6.07 Å². The second kappa shape index (κ2) is 7.09. The molecule has 5 heteroatoms. The van der Waals surface area contributed by atoms with E-state index >= 15 is 0 Å². The maximum atomic E-state index is 12.3. The lowest BCUT2D eigenvalue weighted by Gasteiger charge is -2.34. The zero-order chi connectivity index (χ0) is 15.2. The van der Waals surface area contributed by atoms with Gasteiger partial charge >= 0.3 is 6.03 Å². The highest BCUT2D eigenvalue weighted by Gasteiger charge is 2.25.